The SMILES string of the molecule is O=S(Oc1ccc2c(c1)C(N1CCNCC1)=Nc1cc(Cl)ccc1N2)C(F)(F)F. The van der Waals surface area contributed by atoms with Gasteiger partial charge in [0, 0.05) is 42.5 Å². The van der Waals surface area contributed by atoms with Crippen molar-refractivity contribution in [3.63, 3.8) is 0 Å². The third-order valence-corrected chi connectivity index (χ3v) is 5.42. The first-order valence-electron chi connectivity index (χ1n) is 8.73. The molecule has 4 rings (SSSR count). The number of alkyl halides is 3. The summed E-state index contributed by atoms with van der Waals surface area (Å²) in [6.45, 7) is 2.85. The lowest BCUT2D eigenvalue weighted by Crippen LogP contribution is -2.46. The summed E-state index contributed by atoms with van der Waals surface area (Å²) in [6, 6.07) is 9.57. The van der Waals surface area contributed by atoms with Crippen LogP contribution in [0.1, 0.15) is 5.56 Å². The van der Waals surface area contributed by atoms with E-state index in [0.29, 0.717) is 46.6 Å². The van der Waals surface area contributed by atoms with Crippen molar-refractivity contribution in [1.29, 1.82) is 0 Å². The highest BCUT2D eigenvalue weighted by molar-refractivity contribution is 7.81. The second-order valence-corrected chi connectivity index (χ2v) is 7.97. The number of anilines is 2. The van der Waals surface area contributed by atoms with Gasteiger partial charge in [-0.1, -0.05) is 11.6 Å². The molecule has 154 valence electrons. The van der Waals surface area contributed by atoms with Crippen LogP contribution in [-0.4, -0.2) is 46.6 Å². The van der Waals surface area contributed by atoms with Crippen LogP contribution < -0.4 is 14.8 Å². The Morgan fingerprint density at radius 3 is 2.55 bits per heavy atom. The highest BCUT2D eigenvalue weighted by atomic mass is 35.5. The molecule has 1 fully saturated rings. The summed E-state index contributed by atoms with van der Waals surface area (Å²) in [6.07, 6.45) is 0. The highest BCUT2D eigenvalue weighted by Gasteiger charge is 2.40. The Balaban J connectivity index is 1.79. The van der Waals surface area contributed by atoms with Gasteiger partial charge in [-0.15, -0.1) is 0 Å². The topological polar surface area (TPSA) is 66.0 Å². The van der Waals surface area contributed by atoms with Gasteiger partial charge in [-0.05, 0) is 36.4 Å². The third-order valence-electron chi connectivity index (χ3n) is 4.46. The van der Waals surface area contributed by atoms with Crippen LogP contribution in [0.4, 0.5) is 30.2 Å². The second kappa shape index (κ2) is 7.85. The van der Waals surface area contributed by atoms with Gasteiger partial charge < -0.3 is 19.7 Å². The zero-order valence-corrected chi connectivity index (χ0v) is 16.5. The molecular formula is C18H16ClF3N4O2S. The summed E-state index contributed by atoms with van der Waals surface area (Å²) in [5.41, 5.74) is -2.44. The number of piperazine rings is 1. The van der Waals surface area contributed by atoms with Gasteiger partial charge in [0.05, 0.1) is 11.4 Å². The van der Waals surface area contributed by atoms with Crippen molar-refractivity contribution in [3.05, 3.63) is 47.0 Å². The largest absolute Gasteiger partial charge is 0.508 e. The number of hydrogen-bond acceptors (Lipinski definition) is 6. The monoisotopic (exact) mass is 444 g/mol. The van der Waals surface area contributed by atoms with Gasteiger partial charge >= 0.3 is 16.6 Å². The Hall–Kier alpha value is -2.30. The van der Waals surface area contributed by atoms with Gasteiger partial charge in [-0.3, -0.25) is 0 Å². The van der Waals surface area contributed by atoms with Gasteiger partial charge in [-0.25, -0.2) is 9.20 Å². The van der Waals surface area contributed by atoms with E-state index >= 15 is 0 Å². The van der Waals surface area contributed by atoms with E-state index < -0.39 is 16.6 Å². The number of halogens is 4. The van der Waals surface area contributed by atoms with Crippen LogP contribution in [-0.2, 0) is 11.1 Å². The summed E-state index contributed by atoms with van der Waals surface area (Å²) in [5.74, 6) is 0.422. The molecule has 2 N–H and O–H groups in total. The van der Waals surface area contributed by atoms with Crippen LogP contribution in [0, 0.1) is 0 Å². The van der Waals surface area contributed by atoms with Crippen molar-refractivity contribution in [2.45, 2.75) is 5.51 Å². The number of nitrogens with one attached hydrogen (secondary N) is 2. The van der Waals surface area contributed by atoms with Crippen LogP contribution in [0.25, 0.3) is 0 Å². The van der Waals surface area contributed by atoms with E-state index in [1.165, 1.54) is 12.1 Å². The number of rotatable bonds is 2. The number of nitrogens with zero attached hydrogens (tertiary/aromatic N) is 2. The summed E-state index contributed by atoms with van der Waals surface area (Å²) >= 11 is 2.67. The standard InChI is InChI=1S/C18H16ClF3N4O2S/c19-11-1-3-15-16(9-11)25-17(26-7-5-23-6-8-26)13-10-12(2-4-14(13)24-15)28-29(27)18(20,21)22/h1-4,9-10,23-24H,5-8H2. The molecule has 1 saturated heterocycles. The Bertz CT molecular complexity index is 994. The van der Waals surface area contributed by atoms with Crippen molar-refractivity contribution in [2.75, 3.05) is 31.5 Å². The molecule has 2 aliphatic heterocycles. The molecule has 2 aliphatic rings. The average molecular weight is 445 g/mol. The van der Waals surface area contributed by atoms with E-state index in [4.69, 9.17) is 16.6 Å². The van der Waals surface area contributed by atoms with Gasteiger partial charge in [0.15, 0.2) is 0 Å². The van der Waals surface area contributed by atoms with Gasteiger partial charge in [0.25, 0.3) is 0 Å². The van der Waals surface area contributed by atoms with Crippen molar-refractivity contribution >= 4 is 45.6 Å². The fourth-order valence-electron chi connectivity index (χ4n) is 3.14. The van der Waals surface area contributed by atoms with Crippen LogP contribution in [0.15, 0.2) is 41.4 Å². The fraction of sp³-hybridized carbons (Fsp3) is 0.278. The first kappa shape index (κ1) is 20.0. The molecule has 0 bridgehead atoms. The molecule has 0 spiro atoms. The van der Waals surface area contributed by atoms with Crippen molar-refractivity contribution in [2.24, 2.45) is 4.99 Å². The zero-order chi connectivity index (χ0) is 20.6. The number of hydrogen-bond donors (Lipinski definition) is 2. The minimum Gasteiger partial charge on any atom is -0.394 e. The Labute approximate surface area is 172 Å². The summed E-state index contributed by atoms with van der Waals surface area (Å²) < 4.78 is 53.9. The summed E-state index contributed by atoms with van der Waals surface area (Å²) in [4.78, 5) is 6.79. The molecule has 0 aliphatic carbocycles. The van der Waals surface area contributed by atoms with Gasteiger partial charge in [-0.2, -0.15) is 13.2 Å². The molecule has 1 atom stereocenters. The van der Waals surface area contributed by atoms with Crippen LogP contribution in [0.5, 0.6) is 5.75 Å². The molecule has 2 aromatic carbocycles. The summed E-state index contributed by atoms with van der Waals surface area (Å²) in [7, 11) is 0. The van der Waals surface area contributed by atoms with E-state index in [-0.39, 0.29) is 5.75 Å². The van der Waals surface area contributed by atoms with Crippen molar-refractivity contribution in [1.82, 2.24) is 10.2 Å². The molecule has 29 heavy (non-hydrogen) atoms. The molecule has 6 nitrogen and oxygen atoms in total. The summed E-state index contributed by atoms with van der Waals surface area (Å²) in [5, 5.41) is 7.01. The molecular weight excluding hydrogens is 429 g/mol. The highest BCUT2D eigenvalue weighted by Crippen LogP contribution is 2.38. The molecule has 2 aromatic rings. The minimum absolute atomic E-state index is 0.159. The maximum atomic E-state index is 12.6. The van der Waals surface area contributed by atoms with E-state index in [2.05, 4.69) is 14.8 Å². The van der Waals surface area contributed by atoms with Crippen molar-refractivity contribution in [3.8, 4) is 5.75 Å². The third kappa shape index (κ3) is 4.34. The van der Waals surface area contributed by atoms with Crippen LogP contribution in [0.3, 0.4) is 0 Å². The van der Waals surface area contributed by atoms with Crippen LogP contribution in [0.2, 0.25) is 5.02 Å². The fourth-order valence-corrected chi connectivity index (χ4v) is 3.68. The maximum absolute atomic E-state index is 12.6. The Morgan fingerprint density at radius 2 is 1.83 bits per heavy atom. The lowest BCUT2D eigenvalue weighted by molar-refractivity contribution is -0.0437. The number of benzene rings is 2. The quantitative estimate of drug-likeness (QED) is 0.734. The molecule has 0 amide bonds. The molecule has 0 saturated carbocycles. The number of aliphatic imine (C=N–C) groups is 1. The van der Waals surface area contributed by atoms with E-state index in [1.807, 2.05) is 4.90 Å². The Morgan fingerprint density at radius 1 is 1.10 bits per heavy atom. The number of fused-ring (bicyclic) bond motifs is 2. The molecule has 1 unspecified atom stereocenters. The minimum atomic E-state index is -4.96. The molecule has 2 heterocycles. The molecule has 11 heteroatoms. The average Bonchev–Trinajstić information content (AvgIpc) is 2.84. The van der Waals surface area contributed by atoms with E-state index in [1.54, 1.807) is 24.3 Å². The zero-order valence-electron chi connectivity index (χ0n) is 14.9. The number of amidine groups is 1. The smallest absolute Gasteiger partial charge is 0.394 e. The predicted octanol–water partition coefficient (Wildman–Crippen LogP) is 3.94. The molecule has 0 aromatic heterocycles. The second-order valence-electron chi connectivity index (χ2n) is 6.43. The van der Waals surface area contributed by atoms with E-state index in [0.717, 1.165) is 13.1 Å². The lowest BCUT2D eigenvalue weighted by atomic mass is 10.1. The first-order valence-corrected chi connectivity index (χ1v) is 10.2. The predicted molar refractivity (Wildman–Crippen MR) is 107 cm³/mol. The van der Waals surface area contributed by atoms with E-state index in [9.17, 15) is 17.4 Å². The Kier molecular flexibility index (Phi) is 5.41. The maximum Gasteiger partial charge on any atom is 0.508 e. The van der Waals surface area contributed by atoms with Crippen LogP contribution >= 0.6 is 11.6 Å². The normalized spacial score (nSPS) is 17.4. The molecule has 0 radical (unpaired) electrons. The van der Waals surface area contributed by atoms with Gasteiger partial charge in [0.2, 0.25) is 0 Å². The first-order chi connectivity index (χ1) is 13.8. The van der Waals surface area contributed by atoms with Crippen molar-refractivity contribution < 1.29 is 21.6 Å². The van der Waals surface area contributed by atoms with Gasteiger partial charge in [0.1, 0.15) is 11.6 Å². The lowest BCUT2D eigenvalue weighted by Gasteiger charge is -2.30.